The summed E-state index contributed by atoms with van der Waals surface area (Å²) in [4.78, 5) is 27.7. The van der Waals surface area contributed by atoms with Crippen molar-refractivity contribution in [1.82, 2.24) is 9.80 Å². The molecule has 1 saturated heterocycles. The standard InChI is InChI=1S/C18H26N2O4/c1-13-6-4-5-7-14(13)15-10-20(11-16(15)18(22)23)17(21)12-19(2)8-9-24-3/h4-7,15-16H,8-12H2,1-3H3,(H,22,23)/t15-,16+/m0/s1. The largest absolute Gasteiger partial charge is 0.481 e. The Morgan fingerprint density at radius 2 is 2.04 bits per heavy atom. The quantitative estimate of drug-likeness (QED) is 0.811. The molecule has 0 radical (unpaired) electrons. The number of methoxy groups -OCH3 is 1. The summed E-state index contributed by atoms with van der Waals surface area (Å²) in [6, 6.07) is 7.81. The predicted molar refractivity (Wildman–Crippen MR) is 91.0 cm³/mol. The summed E-state index contributed by atoms with van der Waals surface area (Å²) in [5.41, 5.74) is 2.09. The van der Waals surface area contributed by atoms with E-state index in [-0.39, 0.29) is 24.9 Å². The number of ether oxygens (including phenoxy) is 1. The van der Waals surface area contributed by atoms with E-state index in [1.165, 1.54) is 0 Å². The van der Waals surface area contributed by atoms with Crippen LogP contribution in [0.1, 0.15) is 17.0 Å². The van der Waals surface area contributed by atoms with Gasteiger partial charge in [-0.25, -0.2) is 0 Å². The Bertz CT molecular complexity index is 590. The topological polar surface area (TPSA) is 70.1 Å². The SMILES string of the molecule is COCCN(C)CC(=O)N1C[C@@H](C(=O)O)[C@H](c2ccccc2C)C1. The van der Waals surface area contributed by atoms with Gasteiger partial charge in [0.25, 0.3) is 0 Å². The van der Waals surface area contributed by atoms with Gasteiger partial charge in [-0.05, 0) is 25.1 Å². The minimum absolute atomic E-state index is 0.0315. The molecule has 0 spiro atoms. The van der Waals surface area contributed by atoms with E-state index in [1.807, 2.05) is 43.1 Å². The molecule has 2 rings (SSSR count). The number of carbonyl (C=O) groups is 2. The fourth-order valence-electron chi connectivity index (χ4n) is 3.23. The Balaban J connectivity index is 2.08. The fraction of sp³-hybridized carbons (Fsp3) is 0.556. The molecule has 1 amide bonds. The van der Waals surface area contributed by atoms with Crippen LogP contribution in [0.4, 0.5) is 0 Å². The summed E-state index contributed by atoms with van der Waals surface area (Å²) in [6.45, 7) is 4.21. The number of benzene rings is 1. The lowest BCUT2D eigenvalue weighted by Gasteiger charge is -2.21. The van der Waals surface area contributed by atoms with Crippen molar-refractivity contribution in [2.75, 3.05) is 46.9 Å². The van der Waals surface area contributed by atoms with Crippen LogP contribution in [-0.4, -0.2) is 73.7 Å². The zero-order chi connectivity index (χ0) is 17.7. The molecule has 132 valence electrons. The van der Waals surface area contributed by atoms with Gasteiger partial charge in [-0.2, -0.15) is 0 Å². The van der Waals surface area contributed by atoms with Crippen LogP contribution >= 0.6 is 0 Å². The molecule has 1 aromatic carbocycles. The molecule has 0 unspecified atom stereocenters. The first-order valence-electron chi connectivity index (χ1n) is 8.17. The van der Waals surface area contributed by atoms with Crippen LogP contribution in [0.25, 0.3) is 0 Å². The first kappa shape index (κ1) is 18.4. The number of likely N-dealkylation sites (tertiary alicyclic amines) is 1. The Morgan fingerprint density at radius 3 is 2.67 bits per heavy atom. The number of aliphatic carboxylic acids is 1. The highest BCUT2D eigenvalue weighted by molar-refractivity contribution is 5.81. The molecule has 1 aliphatic rings. The van der Waals surface area contributed by atoms with Gasteiger partial charge in [0.1, 0.15) is 0 Å². The van der Waals surface area contributed by atoms with Crippen molar-refractivity contribution >= 4 is 11.9 Å². The summed E-state index contributed by atoms with van der Waals surface area (Å²) in [7, 11) is 3.49. The summed E-state index contributed by atoms with van der Waals surface area (Å²) in [5, 5.41) is 9.57. The molecule has 6 heteroatoms. The number of nitrogens with zero attached hydrogens (tertiary/aromatic N) is 2. The van der Waals surface area contributed by atoms with Crippen LogP contribution in [0, 0.1) is 12.8 Å². The van der Waals surface area contributed by atoms with E-state index < -0.39 is 11.9 Å². The summed E-state index contributed by atoms with van der Waals surface area (Å²) < 4.78 is 5.01. The van der Waals surface area contributed by atoms with Crippen molar-refractivity contribution in [2.45, 2.75) is 12.8 Å². The van der Waals surface area contributed by atoms with Gasteiger partial charge in [0.2, 0.25) is 5.91 Å². The summed E-state index contributed by atoms with van der Waals surface area (Å²) in [5.74, 6) is -1.58. The number of carbonyl (C=O) groups excluding carboxylic acids is 1. The van der Waals surface area contributed by atoms with Crippen LogP contribution in [0.2, 0.25) is 0 Å². The molecule has 0 saturated carbocycles. The molecule has 6 nitrogen and oxygen atoms in total. The first-order chi connectivity index (χ1) is 11.4. The number of amides is 1. The molecule has 0 aromatic heterocycles. The van der Waals surface area contributed by atoms with E-state index in [1.54, 1.807) is 12.0 Å². The molecule has 1 aromatic rings. The maximum absolute atomic E-state index is 12.5. The van der Waals surface area contributed by atoms with E-state index in [0.717, 1.165) is 11.1 Å². The number of carboxylic acid groups (broad SMARTS) is 1. The minimum Gasteiger partial charge on any atom is -0.481 e. The second-order valence-corrected chi connectivity index (χ2v) is 6.44. The Kier molecular flexibility index (Phi) is 6.34. The predicted octanol–water partition coefficient (Wildman–Crippen LogP) is 1.20. The smallest absolute Gasteiger partial charge is 0.308 e. The third-order valence-electron chi connectivity index (χ3n) is 4.66. The molecule has 0 aliphatic carbocycles. The highest BCUT2D eigenvalue weighted by atomic mass is 16.5. The third kappa shape index (κ3) is 4.33. The number of aryl methyl sites for hydroxylation is 1. The highest BCUT2D eigenvalue weighted by Crippen LogP contribution is 2.34. The highest BCUT2D eigenvalue weighted by Gasteiger charge is 2.40. The lowest BCUT2D eigenvalue weighted by atomic mass is 9.86. The lowest BCUT2D eigenvalue weighted by molar-refractivity contribution is -0.141. The molecule has 1 aliphatic heterocycles. The van der Waals surface area contributed by atoms with Crippen molar-refractivity contribution in [3.05, 3.63) is 35.4 Å². The molecule has 1 N–H and O–H groups in total. The molecule has 24 heavy (non-hydrogen) atoms. The van der Waals surface area contributed by atoms with Crippen LogP contribution in [0.5, 0.6) is 0 Å². The Labute approximate surface area is 143 Å². The monoisotopic (exact) mass is 334 g/mol. The van der Waals surface area contributed by atoms with Crippen molar-refractivity contribution in [2.24, 2.45) is 5.92 Å². The number of rotatable bonds is 7. The van der Waals surface area contributed by atoms with Gasteiger partial charge in [-0.1, -0.05) is 24.3 Å². The van der Waals surface area contributed by atoms with Crippen molar-refractivity contribution < 1.29 is 19.4 Å². The number of carboxylic acids is 1. The number of hydrogen-bond donors (Lipinski definition) is 1. The summed E-state index contributed by atoms with van der Waals surface area (Å²) >= 11 is 0. The zero-order valence-corrected chi connectivity index (χ0v) is 14.6. The second kappa shape index (κ2) is 8.26. The molecular formula is C18H26N2O4. The van der Waals surface area contributed by atoms with E-state index in [2.05, 4.69) is 0 Å². The molecule has 1 heterocycles. The van der Waals surface area contributed by atoms with Gasteiger partial charge in [-0.3, -0.25) is 14.5 Å². The van der Waals surface area contributed by atoms with Crippen LogP contribution in [-0.2, 0) is 14.3 Å². The van der Waals surface area contributed by atoms with Crippen LogP contribution in [0.3, 0.4) is 0 Å². The van der Waals surface area contributed by atoms with Gasteiger partial charge in [0.05, 0.1) is 19.1 Å². The first-order valence-corrected chi connectivity index (χ1v) is 8.17. The minimum atomic E-state index is -0.841. The van der Waals surface area contributed by atoms with Gasteiger partial charge in [0, 0.05) is 32.7 Å². The van der Waals surface area contributed by atoms with E-state index >= 15 is 0 Å². The summed E-state index contributed by atoms with van der Waals surface area (Å²) in [6.07, 6.45) is 0. The Hall–Kier alpha value is -1.92. The second-order valence-electron chi connectivity index (χ2n) is 6.44. The van der Waals surface area contributed by atoms with Crippen LogP contribution in [0.15, 0.2) is 24.3 Å². The van der Waals surface area contributed by atoms with Gasteiger partial charge in [0.15, 0.2) is 0 Å². The third-order valence-corrected chi connectivity index (χ3v) is 4.66. The van der Waals surface area contributed by atoms with Crippen molar-refractivity contribution in [3.63, 3.8) is 0 Å². The maximum atomic E-state index is 12.5. The van der Waals surface area contributed by atoms with E-state index in [4.69, 9.17) is 4.74 Å². The fourth-order valence-corrected chi connectivity index (χ4v) is 3.23. The van der Waals surface area contributed by atoms with Gasteiger partial charge < -0.3 is 14.7 Å². The zero-order valence-electron chi connectivity index (χ0n) is 14.6. The maximum Gasteiger partial charge on any atom is 0.308 e. The number of likely N-dealkylation sites (N-methyl/N-ethyl adjacent to an activating group) is 1. The molecule has 1 fully saturated rings. The number of hydrogen-bond acceptors (Lipinski definition) is 4. The molecule has 0 bridgehead atoms. The van der Waals surface area contributed by atoms with Crippen molar-refractivity contribution in [1.29, 1.82) is 0 Å². The normalized spacial score (nSPS) is 20.6. The average Bonchev–Trinajstić information content (AvgIpc) is 2.98. The molecule has 2 atom stereocenters. The van der Waals surface area contributed by atoms with Gasteiger partial charge >= 0.3 is 5.97 Å². The average molecular weight is 334 g/mol. The van der Waals surface area contributed by atoms with Gasteiger partial charge in [-0.15, -0.1) is 0 Å². The van der Waals surface area contributed by atoms with E-state index in [0.29, 0.717) is 19.7 Å². The lowest BCUT2D eigenvalue weighted by Crippen LogP contribution is -2.39. The molecular weight excluding hydrogens is 308 g/mol. The van der Waals surface area contributed by atoms with E-state index in [9.17, 15) is 14.7 Å². The van der Waals surface area contributed by atoms with Crippen molar-refractivity contribution in [3.8, 4) is 0 Å². The van der Waals surface area contributed by atoms with Crippen LogP contribution < -0.4 is 0 Å². The Morgan fingerprint density at radius 1 is 1.33 bits per heavy atom.